The maximum atomic E-state index is 10.7. The number of hydrogen-bond acceptors (Lipinski definition) is 3. The molecule has 0 aliphatic carbocycles. The molecule has 3 nitrogen and oxygen atoms in total. The van der Waals surface area contributed by atoms with E-state index in [0.717, 1.165) is 0 Å². The van der Waals surface area contributed by atoms with Crippen molar-refractivity contribution in [2.24, 2.45) is 0 Å². The molecule has 0 saturated carbocycles. The van der Waals surface area contributed by atoms with Crippen LogP contribution in [-0.2, 0) is 0 Å². The molecule has 1 heterocycles. The summed E-state index contributed by atoms with van der Waals surface area (Å²) in [6.07, 6.45) is 1.55. The molecule has 4 heteroatoms. The minimum absolute atomic E-state index is 0. The maximum absolute atomic E-state index is 10.7. The lowest BCUT2D eigenvalue weighted by Crippen LogP contribution is -2.01. The van der Waals surface area contributed by atoms with Crippen LogP contribution in [0.4, 0.5) is 5.69 Å². The minimum Gasteiger partial charge on any atom is -0.397 e. The number of hydrogen-bond donors (Lipinski definition) is 1. The molecule has 0 fully saturated rings. The molecule has 1 rings (SSSR count). The summed E-state index contributed by atoms with van der Waals surface area (Å²) in [4.78, 5) is 14.5. The first-order valence-corrected chi connectivity index (χ1v) is 2.93. The van der Waals surface area contributed by atoms with Crippen molar-refractivity contribution in [3.8, 4) is 0 Å². The Balaban J connectivity index is 0.000001000. The van der Waals surface area contributed by atoms with E-state index < -0.39 is 0 Å². The summed E-state index contributed by atoms with van der Waals surface area (Å²) in [5.41, 5.74) is 6.23. The largest absolute Gasteiger partial charge is 0.397 e. The van der Waals surface area contributed by atoms with E-state index in [1.54, 1.807) is 18.3 Å². The van der Waals surface area contributed by atoms with Crippen LogP contribution in [-0.4, -0.2) is 10.8 Å². The van der Waals surface area contributed by atoms with Gasteiger partial charge in [0.25, 0.3) is 0 Å². The maximum Gasteiger partial charge on any atom is 0.180 e. The van der Waals surface area contributed by atoms with Gasteiger partial charge in [0.15, 0.2) is 5.78 Å². The van der Waals surface area contributed by atoms with Crippen LogP contribution in [0.25, 0.3) is 0 Å². The molecule has 0 aliphatic rings. The third-order valence-corrected chi connectivity index (χ3v) is 1.17. The van der Waals surface area contributed by atoms with Gasteiger partial charge in [0.1, 0.15) is 5.69 Å². The van der Waals surface area contributed by atoms with E-state index in [1.807, 2.05) is 0 Å². The van der Waals surface area contributed by atoms with Crippen LogP contribution in [0.15, 0.2) is 18.3 Å². The molecule has 1 aromatic heterocycles. The summed E-state index contributed by atoms with van der Waals surface area (Å²) >= 11 is 0. The molecular weight excluding hydrogens is 164 g/mol. The zero-order valence-electron chi connectivity index (χ0n) is 6.07. The van der Waals surface area contributed by atoms with E-state index in [-0.39, 0.29) is 18.2 Å². The molecule has 0 radical (unpaired) electrons. The molecule has 0 atom stereocenters. The molecule has 0 unspecified atom stereocenters. The van der Waals surface area contributed by atoms with Gasteiger partial charge in [-0.15, -0.1) is 12.4 Å². The van der Waals surface area contributed by atoms with Crippen LogP contribution in [0.2, 0.25) is 0 Å². The second-order valence-corrected chi connectivity index (χ2v) is 2.00. The number of pyridine rings is 1. The monoisotopic (exact) mass is 172 g/mol. The van der Waals surface area contributed by atoms with E-state index in [0.29, 0.717) is 11.4 Å². The molecule has 0 aliphatic heterocycles. The Labute approximate surface area is 71.0 Å². The zero-order valence-corrected chi connectivity index (χ0v) is 6.89. The van der Waals surface area contributed by atoms with Crippen molar-refractivity contribution in [1.29, 1.82) is 0 Å². The standard InChI is InChI=1S/C7H8N2O.ClH/c1-5(10)7-6(8)3-2-4-9-7;/h2-4H,8H2,1H3;1H. The number of ketones is 1. The number of halogens is 1. The number of nitrogen functional groups attached to an aromatic ring is 1. The van der Waals surface area contributed by atoms with Crippen molar-refractivity contribution < 1.29 is 4.79 Å². The summed E-state index contributed by atoms with van der Waals surface area (Å²) in [7, 11) is 0. The number of rotatable bonds is 1. The molecular formula is C7H9ClN2O. The van der Waals surface area contributed by atoms with Crippen molar-refractivity contribution >= 4 is 23.9 Å². The van der Waals surface area contributed by atoms with Gasteiger partial charge in [0.2, 0.25) is 0 Å². The lowest BCUT2D eigenvalue weighted by Gasteiger charge is -1.96. The van der Waals surface area contributed by atoms with Gasteiger partial charge in [0, 0.05) is 13.1 Å². The second-order valence-electron chi connectivity index (χ2n) is 2.00. The highest BCUT2D eigenvalue weighted by atomic mass is 35.5. The molecule has 0 bridgehead atoms. The van der Waals surface area contributed by atoms with Crippen molar-refractivity contribution in [3.63, 3.8) is 0 Å². The highest BCUT2D eigenvalue weighted by Gasteiger charge is 2.02. The van der Waals surface area contributed by atoms with Crippen molar-refractivity contribution in [1.82, 2.24) is 4.98 Å². The fourth-order valence-electron chi connectivity index (χ4n) is 0.712. The normalized spacial score (nSPS) is 8.45. The summed E-state index contributed by atoms with van der Waals surface area (Å²) in [5.74, 6) is -0.0990. The predicted octanol–water partition coefficient (Wildman–Crippen LogP) is 1.29. The highest BCUT2D eigenvalue weighted by molar-refractivity contribution is 5.96. The molecule has 1 aromatic rings. The Hall–Kier alpha value is -1.09. The van der Waals surface area contributed by atoms with Crippen LogP contribution in [0, 0.1) is 0 Å². The van der Waals surface area contributed by atoms with Gasteiger partial charge < -0.3 is 5.73 Å². The Kier molecular flexibility index (Phi) is 3.54. The molecule has 0 spiro atoms. The number of nitrogens with two attached hydrogens (primary N) is 1. The average molecular weight is 173 g/mol. The number of Topliss-reactive ketones (excluding diaryl/α,β-unsaturated/α-hetero) is 1. The fourth-order valence-corrected chi connectivity index (χ4v) is 0.712. The smallest absolute Gasteiger partial charge is 0.180 e. The fraction of sp³-hybridized carbons (Fsp3) is 0.143. The SMILES string of the molecule is CC(=O)c1ncccc1N.Cl. The van der Waals surface area contributed by atoms with E-state index in [1.165, 1.54) is 6.92 Å². The van der Waals surface area contributed by atoms with E-state index in [2.05, 4.69) is 4.98 Å². The van der Waals surface area contributed by atoms with E-state index in [4.69, 9.17) is 5.73 Å². The number of nitrogens with zero attached hydrogens (tertiary/aromatic N) is 1. The van der Waals surface area contributed by atoms with Gasteiger partial charge >= 0.3 is 0 Å². The van der Waals surface area contributed by atoms with E-state index in [9.17, 15) is 4.79 Å². The first-order chi connectivity index (χ1) is 4.72. The average Bonchev–Trinajstić information content (AvgIpc) is 1.88. The van der Waals surface area contributed by atoms with Crippen molar-refractivity contribution in [2.45, 2.75) is 6.92 Å². The van der Waals surface area contributed by atoms with Crippen LogP contribution in [0.3, 0.4) is 0 Å². The zero-order chi connectivity index (χ0) is 7.56. The lowest BCUT2D eigenvalue weighted by molar-refractivity contribution is 0.101. The highest BCUT2D eigenvalue weighted by Crippen LogP contribution is 2.06. The quantitative estimate of drug-likeness (QED) is 0.650. The number of carbonyl (C=O) groups excluding carboxylic acids is 1. The van der Waals surface area contributed by atoms with Crippen LogP contribution < -0.4 is 5.73 Å². The van der Waals surface area contributed by atoms with Crippen LogP contribution in [0.5, 0.6) is 0 Å². The van der Waals surface area contributed by atoms with E-state index >= 15 is 0 Å². The van der Waals surface area contributed by atoms with Gasteiger partial charge in [-0.2, -0.15) is 0 Å². The lowest BCUT2D eigenvalue weighted by atomic mass is 10.2. The Morgan fingerprint density at radius 2 is 2.27 bits per heavy atom. The van der Waals surface area contributed by atoms with Gasteiger partial charge in [-0.3, -0.25) is 9.78 Å². The van der Waals surface area contributed by atoms with Crippen LogP contribution >= 0.6 is 12.4 Å². The molecule has 2 N–H and O–H groups in total. The van der Waals surface area contributed by atoms with Gasteiger partial charge in [-0.25, -0.2) is 0 Å². The van der Waals surface area contributed by atoms with Gasteiger partial charge in [0.05, 0.1) is 5.69 Å². The first kappa shape index (κ1) is 9.91. The Morgan fingerprint density at radius 3 is 2.64 bits per heavy atom. The number of carbonyl (C=O) groups is 1. The summed E-state index contributed by atoms with van der Waals surface area (Å²) < 4.78 is 0. The Bertz CT molecular complexity index is 262. The second kappa shape index (κ2) is 3.93. The summed E-state index contributed by atoms with van der Waals surface area (Å²) in [6.45, 7) is 1.44. The number of anilines is 1. The molecule has 0 amide bonds. The van der Waals surface area contributed by atoms with Gasteiger partial charge in [-0.05, 0) is 12.1 Å². The topological polar surface area (TPSA) is 56.0 Å². The predicted molar refractivity (Wildman–Crippen MR) is 45.9 cm³/mol. The van der Waals surface area contributed by atoms with Crippen molar-refractivity contribution in [3.05, 3.63) is 24.0 Å². The first-order valence-electron chi connectivity index (χ1n) is 2.93. The Morgan fingerprint density at radius 1 is 1.64 bits per heavy atom. The summed E-state index contributed by atoms with van der Waals surface area (Å²) in [6, 6.07) is 3.35. The summed E-state index contributed by atoms with van der Waals surface area (Å²) in [5, 5.41) is 0. The molecule has 60 valence electrons. The molecule has 0 aromatic carbocycles. The minimum atomic E-state index is -0.0990. The molecule has 0 saturated heterocycles. The van der Waals surface area contributed by atoms with Crippen LogP contribution in [0.1, 0.15) is 17.4 Å². The number of aromatic nitrogens is 1. The van der Waals surface area contributed by atoms with Crippen molar-refractivity contribution in [2.75, 3.05) is 5.73 Å². The van der Waals surface area contributed by atoms with Gasteiger partial charge in [-0.1, -0.05) is 0 Å². The third-order valence-electron chi connectivity index (χ3n) is 1.17. The third kappa shape index (κ3) is 2.20. The molecule has 11 heavy (non-hydrogen) atoms.